The van der Waals surface area contributed by atoms with E-state index in [0.717, 1.165) is 18.7 Å². The lowest BCUT2D eigenvalue weighted by Crippen LogP contribution is -2.43. The highest BCUT2D eigenvalue weighted by Gasteiger charge is 2.25. The Kier molecular flexibility index (Phi) is 6.61. The molecule has 0 saturated carbocycles. The summed E-state index contributed by atoms with van der Waals surface area (Å²) < 4.78 is 33.5. The Labute approximate surface area is 163 Å². The van der Waals surface area contributed by atoms with E-state index in [9.17, 15) is 13.2 Å². The minimum Gasteiger partial charge on any atom is -0.379 e. The number of benzene rings is 1. The number of ether oxygens (including phenoxy) is 1. The van der Waals surface area contributed by atoms with Crippen LogP contribution in [0.25, 0.3) is 0 Å². The number of carbonyl (C=O) groups excluding carboxylic acids is 1. The zero-order valence-corrected chi connectivity index (χ0v) is 16.7. The highest BCUT2D eigenvalue weighted by atomic mass is 32.2. The number of anilines is 1. The lowest BCUT2D eigenvalue weighted by molar-refractivity contribution is -0.114. The number of hydrogen-bond acceptors (Lipinski definition) is 6. The van der Waals surface area contributed by atoms with Gasteiger partial charge in [-0.15, -0.1) is 0 Å². The molecule has 1 saturated heterocycles. The van der Waals surface area contributed by atoms with Crippen molar-refractivity contribution in [3.8, 4) is 0 Å². The van der Waals surface area contributed by atoms with E-state index in [0.29, 0.717) is 18.9 Å². The maximum Gasteiger partial charge on any atom is 0.240 e. The molecular formula is C18H23N3O4S2. The Hall–Kier alpha value is -1.78. The van der Waals surface area contributed by atoms with E-state index < -0.39 is 10.0 Å². The Balaban J connectivity index is 1.70. The Morgan fingerprint density at radius 1 is 1.22 bits per heavy atom. The minimum absolute atomic E-state index is 0.0337. The van der Waals surface area contributed by atoms with Gasteiger partial charge in [0, 0.05) is 38.3 Å². The fraction of sp³-hybridized carbons (Fsp3) is 0.389. The van der Waals surface area contributed by atoms with Crippen LogP contribution in [0.4, 0.5) is 5.69 Å². The zero-order chi connectivity index (χ0) is 19.3. The molecule has 1 fully saturated rings. The van der Waals surface area contributed by atoms with Crippen molar-refractivity contribution in [3.05, 3.63) is 46.7 Å². The quantitative estimate of drug-likeness (QED) is 0.731. The SMILES string of the molecule is CC(=O)Nc1ccc(S(=O)(=O)NC[C@H](c2ccsc2)N2CCOCC2)cc1. The van der Waals surface area contributed by atoms with Gasteiger partial charge in [0.25, 0.3) is 0 Å². The van der Waals surface area contributed by atoms with Crippen LogP contribution in [0.1, 0.15) is 18.5 Å². The molecule has 3 rings (SSSR count). The van der Waals surface area contributed by atoms with Crippen molar-refractivity contribution >= 4 is 33.0 Å². The highest BCUT2D eigenvalue weighted by Crippen LogP contribution is 2.24. The van der Waals surface area contributed by atoms with Crippen LogP contribution in [0.2, 0.25) is 0 Å². The first-order valence-corrected chi connectivity index (χ1v) is 11.1. The summed E-state index contributed by atoms with van der Waals surface area (Å²) in [7, 11) is -3.65. The smallest absolute Gasteiger partial charge is 0.240 e. The number of nitrogens with one attached hydrogen (secondary N) is 2. The van der Waals surface area contributed by atoms with Crippen LogP contribution in [0, 0.1) is 0 Å². The minimum atomic E-state index is -3.65. The number of rotatable bonds is 7. The summed E-state index contributed by atoms with van der Waals surface area (Å²) in [5.74, 6) is -0.201. The van der Waals surface area contributed by atoms with Crippen molar-refractivity contribution in [2.45, 2.75) is 17.9 Å². The molecule has 9 heteroatoms. The first-order chi connectivity index (χ1) is 13.0. The topological polar surface area (TPSA) is 87.7 Å². The number of thiophene rings is 1. The number of amides is 1. The summed E-state index contributed by atoms with van der Waals surface area (Å²) in [6.45, 7) is 4.53. The standard InChI is InChI=1S/C18H23N3O4S2/c1-14(22)20-16-2-4-17(5-3-16)27(23,24)19-12-18(15-6-11-26-13-15)21-7-9-25-10-8-21/h2-6,11,13,18-19H,7-10,12H2,1H3,(H,20,22)/t18-/m1/s1. The van der Waals surface area contributed by atoms with Gasteiger partial charge in [-0.05, 0) is 46.7 Å². The third kappa shape index (κ3) is 5.36. The molecule has 1 aliphatic heterocycles. The molecule has 1 atom stereocenters. The lowest BCUT2D eigenvalue weighted by Gasteiger charge is -2.34. The van der Waals surface area contributed by atoms with Crippen LogP contribution in [-0.4, -0.2) is 52.1 Å². The van der Waals surface area contributed by atoms with Crippen LogP contribution in [0.3, 0.4) is 0 Å². The van der Waals surface area contributed by atoms with E-state index in [-0.39, 0.29) is 23.4 Å². The van der Waals surface area contributed by atoms with Crippen molar-refractivity contribution in [2.75, 3.05) is 38.2 Å². The van der Waals surface area contributed by atoms with E-state index >= 15 is 0 Å². The molecule has 1 aliphatic rings. The van der Waals surface area contributed by atoms with Gasteiger partial charge in [0.05, 0.1) is 18.1 Å². The molecule has 2 heterocycles. The van der Waals surface area contributed by atoms with Gasteiger partial charge < -0.3 is 10.1 Å². The van der Waals surface area contributed by atoms with Gasteiger partial charge in [-0.3, -0.25) is 9.69 Å². The third-order valence-electron chi connectivity index (χ3n) is 4.37. The Morgan fingerprint density at radius 2 is 1.93 bits per heavy atom. The number of carbonyl (C=O) groups is 1. The van der Waals surface area contributed by atoms with Crippen molar-refractivity contribution in [2.24, 2.45) is 0 Å². The van der Waals surface area contributed by atoms with Crippen molar-refractivity contribution in [1.29, 1.82) is 0 Å². The lowest BCUT2D eigenvalue weighted by atomic mass is 10.1. The molecule has 1 amide bonds. The summed E-state index contributed by atoms with van der Waals surface area (Å²) in [6.07, 6.45) is 0. The summed E-state index contributed by atoms with van der Waals surface area (Å²) in [6, 6.07) is 8.13. The van der Waals surface area contributed by atoms with Crippen molar-refractivity contribution in [1.82, 2.24) is 9.62 Å². The molecule has 0 spiro atoms. The first kappa shape index (κ1) is 20.0. The summed E-state index contributed by atoms with van der Waals surface area (Å²) in [5.41, 5.74) is 1.66. The average molecular weight is 410 g/mol. The fourth-order valence-corrected chi connectivity index (χ4v) is 4.75. The molecular weight excluding hydrogens is 386 g/mol. The maximum absolute atomic E-state index is 12.7. The molecule has 2 N–H and O–H groups in total. The molecule has 2 aromatic rings. The number of hydrogen-bond donors (Lipinski definition) is 2. The van der Waals surface area contributed by atoms with E-state index in [1.54, 1.807) is 23.5 Å². The van der Waals surface area contributed by atoms with Gasteiger partial charge in [0.2, 0.25) is 15.9 Å². The predicted octanol–water partition coefficient (Wildman–Crippen LogP) is 2.06. The summed E-state index contributed by atoms with van der Waals surface area (Å²) in [5, 5.41) is 6.67. The monoisotopic (exact) mass is 409 g/mol. The fourth-order valence-electron chi connectivity index (χ4n) is 3.00. The molecule has 27 heavy (non-hydrogen) atoms. The molecule has 146 valence electrons. The Morgan fingerprint density at radius 3 is 2.52 bits per heavy atom. The van der Waals surface area contributed by atoms with E-state index in [2.05, 4.69) is 20.3 Å². The number of sulfonamides is 1. The van der Waals surface area contributed by atoms with Crippen molar-refractivity contribution < 1.29 is 17.9 Å². The summed E-state index contributed by atoms with van der Waals surface area (Å²) in [4.78, 5) is 13.5. The second-order valence-corrected chi connectivity index (χ2v) is 8.83. The van der Waals surface area contributed by atoms with Gasteiger partial charge in [-0.1, -0.05) is 0 Å². The van der Waals surface area contributed by atoms with Crippen LogP contribution in [0.15, 0.2) is 46.0 Å². The van der Waals surface area contributed by atoms with Gasteiger partial charge >= 0.3 is 0 Å². The molecule has 0 aliphatic carbocycles. The normalized spacial score (nSPS) is 16.8. The number of nitrogens with zero attached hydrogens (tertiary/aromatic N) is 1. The first-order valence-electron chi connectivity index (χ1n) is 8.67. The van der Waals surface area contributed by atoms with Crippen LogP contribution >= 0.6 is 11.3 Å². The second kappa shape index (κ2) is 8.94. The average Bonchev–Trinajstić information content (AvgIpc) is 3.17. The van der Waals surface area contributed by atoms with Gasteiger partial charge in [0.1, 0.15) is 0 Å². The summed E-state index contributed by atoms with van der Waals surface area (Å²) >= 11 is 1.60. The van der Waals surface area contributed by atoms with Gasteiger partial charge in [-0.25, -0.2) is 13.1 Å². The molecule has 0 unspecified atom stereocenters. The number of morpholine rings is 1. The van der Waals surface area contributed by atoms with Crippen LogP contribution in [0.5, 0.6) is 0 Å². The largest absolute Gasteiger partial charge is 0.379 e. The molecule has 1 aromatic heterocycles. The molecule has 1 aromatic carbocycles. The van der Waals surface area contributed by atoms with Gasteiger partial charge in [0.15, 0.2) is 0 Å². The zero-order valence-electron chi connectivity index (χ0n) is 15.1. The van der Waals surface area contributed by atoms with Crippen molar-refractivity contribution in [3.63, 3.8) is 0 Å². The molecule has 7 nitrogen and oxygen atoms in total. The molecule has 0 bridgehead atoms. The second-order valence-electron chi connectivity index (χ2n) is 6.28. The van der Waals surface area contributed by atoms with Gasteiger partial charge in [-0.2, -0.15) is 11.3 Å². The van der Waals surface area contributed by atoms with E-state index in [1.807, 2.05) is 11.4 Å². The van der Waals surface area contributed by atoms with E-state index in [4.69, 9.17) is 4.74 Å². The predicted molar refractivity (Wildman–Crippen MR) is 105 cm³/mol. The molecule has 0 radical (unpaired) electrons. The van der Waals surface area contributed by atoms with Crippen LogP contribution < -0.4 is 10.0 Å². The maximum atomic E-state index is 12.7. The van der Waals surface area contributed by atoms with Crippen LogP contribution in [-0.2, 0) is 19.6 Å². The Bertz CT molecular complexity index is 845. The third-order valence-corrected chi connectivity index (χ3v) is 6.51. The highest BCUT2D eigenvalue weighted by molar-refractivity contribution is 7.89. The van der Waals surface area contributed by atoms with E-state index in [1.165, 1.54) is 19.1 Å².